The lowest BCUT2D eigenvalue weighted by Crippen LogP contribution is -2.46. The van der Waals surface area contributed by atoms with Crippen LogP contribution in [0, 0.1) is 27.7 Å². The van der Waals surface area contributed by atoms with Gasteiger partial charge in [0.15, 0.2) is 0 Å². The first-order valence-corrected chi connectivity index (χ1v) is 12.9. The number of fused-ring (bicyclic) bond motifs is 2. The summed E-state index contributed by atoms with van der Waals surface area (Å²) in [6, 6.07) is 9.47. The molecule has 0 radical (unpaired) electrons. The van der Waals surface area contributed by atoms with Gasteiger partial charge in [0, 0.05) is 25.2 Å². The number of aryl methyl sites for hydroxylation is 4. The van der Waals surface area contributed by atoms with Crippen molar-refractivity contribution in [3.05, 3.63) is 46.5 Å². The van der Waals surface area contributed by atoms with Crippen LogP contribution in [0.4, 0.5) is 27.5 Å². The van der Waals surface area contributed by atoms with Gasteiger partial charge in [0.25, 0.3) is 0 Å². The van der Waals surface area contributed by atoms with Gasteiger partial charge in [0.1, 0.15) is 5.60 Å². The normalized spacial score (nSPS) is 18.6. The lowest BCUT2D eigenvalue weighted by atomic mass is 10.0. The molecule has 35 heavy (non-hydrogen) atoms. The molecule has 2 aromatic carbocycles. The molecule has 192 valence electrons. The molecule has 0 fully saturated rings. The van der Waals surface area contributed by atoms with Gasteiger partial charge in [-0.1, -0.05) is 13.8 Å². The molecule has 2 atom stereocenters. The van der Waals surface area contributed by atoms with E-state index >= 15 is 0 Å². The summed E-state index contributed by atoms with van der Waals surface area (Å²) in [4.78, 5) is 14.3. The number of carbonyl (C=O) groups is 1. The number of amides is 1. The Hall–Kier alpha value is -2.89. The molecule has 0 aliphatic carbocycles. The van der Waals surface area contributed by atoms with Gasteiger partial charge < -0.3 is 20.7 Å². The van der Waals surface area contributed by atoms with Gasteiger partial charge in [0.05, 0.1) is 22.7 Å². The summed E-state index contributed by atoms with van der Waals surface area (Å²) < 4.78 is 5.56. The van der Waals surface area contributed by atoms with Crippen LogP contribution in [0.3, 0.4) is 0 Å². The first-order chi connectivity index (χ1) is 16.4. The Kier molecular flexibility index (Phi) is 8.24. The molecule has 0 spiro atoms. The highest BCUT2D eigenvalue weighted by Crippen LogP contribution is 2.35. The number of carbonyl (C=O) groups excluding carboxylic acids is 1. The fourth-order valence-electron chi connectivity index (χ4n) is 4.28. The topological polar surface area (TPSA) is 65.6 Å². The zero-order chi connectivity index (χ0) is 25.9. The van der Waals surface area contributed by atoms with Crippen molar-refractivity contribution < 1.29 is 9.53 Å². The zero-order valence-electron chi connectivity index (χ0n) is 23.1. The Morgan fingerprint density at radius 1 is 0.857 bits per heavy atom. The Bertz CT molecular complexity index is 1060. The summed E-state index contributed by atoms with van der Waals surface area (Å²) >= 11 is 0. The molecular formula is C29H44N4O2. The largest absolute Gasteiger partial charge is 0.443 e. The lowest BCUT2D eigenvalue weighted by molar-refractivity contribution is 0.0577. The average Bonchev–Trinajstić information content (AvgIpc) is 2.79. The van der Waals surface area contributed by atoms with E-state index in [2.05, 4.69) is 81.8 Å². The van der Waals surface area contributed by atoms with E-state index in [1.165, 1.54) is 40.0 Å². The number of anilines is 4. The zero-order valence-corrected chi connectivity index (χ0v) is 23.1. The maximum Gasteiger partial charge on any atom is 0.414 e. The van der Waals surface area contributed by atoms with Gasteiger partial charge in [-0.2, -0.15) is 0 Å². The van der Waals surface area contributed by atoms with Crippen LogP contribution in [-0.4, -0.2) is 36.9 Å². The van der Waals surface area contributed by atoms with Gasteiger partial charge in [-0.3, -0.25) is 4.90 Å². The number of hydrogen-bond donors (Lipinski definition) is 3. The number of ether oxygens (including phenoxy) is 1. The van der Waals surface area contributed by atoms with E-state index in [4.69, 9.17) is 4.74 Å². The fraction of sp³-hybridized carbons (Fsp3) is 0.552. The molecule has 1 amide bonds. The molecule has 6 nitrogen and oxygen atoms in total. The van der Waals surface area contributed by atoms with Crippen molar-refractivity contribution in [3.63, 3.8) is 0 Å². The van der Waals surface area contributed by atoms with Crippen molar-refractivity contribution in [2.75, 3.05) is 33.9 Å². The quantitative estimate of drug-likeness (QED) is 0.425. The molecule has 2 aliphatic rings. The van der Waals surface area contributed by atoms with Crippen molar-refractivity contribution in [3.8, 4) is 0 Å². The van der Waals surface area contributed by atoms with Gasteiger partial charge in [0.2, 0.25) is 0 Å². The van der Waals surface area contributed by atoms with Crippen LogP contribution in [0.5, 0.6) is 0 Å². The second-order valence-electron chi connectivity index (χ2n) is 10.9. The molecule has 0 saturated heterocycles. The van der Waals surface area contributed by atoms with Crippen molar-refractivity contribution >= 4 is 28.8 Å². The standard InChI is InChI=1S/C17H26N2O2.C12H18N2/c1-7-13-10-19(16(20)21-17(4,5)6)15-9-12(3)11(2)8-14(15)18-13;1-4-10-7-13-11-5-8(2)9(3)6-12(11)14-10/h8-9,13,18H,7,10H2,1-6H3;5-6,10,13-14H,4,7H2,1-3H3. The molecule has 2 aliphatic heterocycles. The summed E-state index contributed by atoms with van der Waals surface area (Å²) in [6.07, 6.45) is 1.86. The fourth-order valence-corrected chi connectivity index (χ4v) is 4.28. The Morgan fingerprint density at radius 2 is 1.37 bits per heavy atom. The second-order valence-corrected chi connectivity index (χ2v) is 10.9. The van der Waals surface area contributed by atoms with Crippen molar-refractivity contribution in [2.45, 2.75) is 92.8 Å². The minimum absolute atomic E-state index is 0.257. The Morgan fingerprint density at radius 3 is 1.94 bits per heavy atom. The number of benzene rings is 2. The van der Waals surface area contributed by atoms with E-state index in [0.717, 1.165) is 24.3 Å². The minimum Gasteiger partial charge on any atom is -0.443 e. The number of nitrogens with one attached hydrogen (secondary N) is 3. The van der Waals surface area contributed by atoms with Crippen LogP contribution in [0.15, 0.2) is 24.3 Å². The van der Waals surface area contributed by atoms with E-state index < -0.39 is 5.60 Å². The highest BCUT2D eigenvalue weighted by Gasteiger charge is 2.31. The van der Waals surface area contributed by atoms with E-state index in [1.54, 1.807) is 4.90 Å². The summed E-state index contributed by atoms with van der Waals surface area (Å²) in [6.45, 7) is 20.2. The van der Waals surface area contributed by atoms with Crippen LogP contribution in [0.1, 0.15) is 69.7 Å². The predicted molar refractivity (Wildman–Crippen MR) is 149 cm³/mol. The van der Waals surface area contributed by atoms with Gasteiger partial charge in [-0.25, -0.2) is 4.79 Å². The van der Waals surface area contributed by atoms with Crippen LogP contribution >= 0.6 is 0 Å². The average molecular weight is 481 g/mol. The van der Waals surface area contributed by atoms with Crippen LogP contribution in [-0.2, 0) is 4.74 Å². The maximum absolute atomic E-state index is 12.5. The molecule has 0 aromatic heterocycles. The second kappa shape index (κ2) is 10.8. The van der Waals surface area contributed by atoms with Gasteiger partial charge >= 0.3 is 6.09 Å². The van der Waals surface area contributed by atoms with Crippen LogP contribution < -0.4 is 20.9 Å². The number of rotatable bonds is 2. The SMILES string of the molecule is CCC1CN(C(=O)OC(C)(C)C)c2cc(C)c(C)cc2N1.CCC1CNc2cc(C)c(C)cc2N1. The molecule has 3 N–H and O–H groups in total. The van der Waals surface area contributed by atoms with Crippen molar-refractivity contribution in [1.29, 1.82) is 0 Å². The van der Waals surface area contributed by atoms with Gasteiger partial charge in [-0.05, 0) is 108 Å². The molecule has 4 rings (SSSR count). The minimum atomic E-state index is -0.483. The predicted octanol–water partition coefficient (Wildman–Crippen LogP) is 7.17. The van der Waals surface area contributed by atoms with E-state index in [9.17, 15) is 4.79 Å². The molecule has 6 heteroatoms. The molecular weight excluding hydrogens is 436 g/mol. The summed E-state index contributed by atoms with van der Waals surface area (Å²) in [5, 5.41) is 10.5. The highest BCUT2D eigenvalue weighted by atomic mass is 16.6. The molecule has 2 unspecified atom stereocenters. The third-order valence-electron chi connectivity index (χ3n) is 6.80. The molecule has 2 heterocycles. The van der Waals surface area contributed by atoms with Crippen LogP contribution in [0.2, 0.25) is 0 Å². The molecule has 0 saturated carbocycles. The van der Waals surface area contributed by atoms with Crippen LogP contribution in [0.25, 0.3) is 0 Å². The van der Waals surface area contributed by atoms with E-state index in [-0.39, 0.29) is 12.1 Å². The first kappa shape index (κ1) is 26.7. The number of nitrogens with zero attached hydrogens (tertiary/aromatic N) is 1. The smallest absolute Gasteiger partial charge is 0.414 e. The molecule has 2 aromatic rings. The Balaban J connectivity index is 0.000000211. The van der Waals surface area contributed by atoms with Crippen molar-refractivity contribution in [2.24, 2.45) is 0 Å². The summed E-state index contributed by atoms with van der Waals surface area (Å²) in [7, 11) is 0. The van der Waals surface area contributed by atoms with E-state index in [0.29, 0.717) is 12.6 Å². The Labute approximate surface area is 211 Å². The van der Waals surface area contributed by atoms with Gasteiger partial charge in [-0.15, -0.1) is 0 Å². The number of hydrogen-bond acceptors (Lipinski definition) is 5. The first-order valence-electron chi connectivity index (χ1n) is 12.9. The maximum atomic E-state index is 12.5. The molecule has 0 bridgehead atoms. The monoisotopic (exact) mass is 480 g/mol. The van der Waals surface area contributed by atoms with Crippen molar-refractivity contribution in [1.82, 2.24) is 0 Å². The third-order valence-corrected chi connectivity index (χ3v) is 6.80. The third kappa shape index (κ3) is 6.62. The lowest BCUT2D eigenvalue weighted by Gasteiger charge is -2.37. The summed E-state index contributed by atoms with van der Waals surface area (Å²) in [5.74, 6) is 0. The van der Waals surface area contributed by atoms with E-state index in [1.807, 2.05) is 20.8 Å². The summed E-state index contributed by atoms with van der Waals surface area (Å²) in [5.41, 5.74) is 9.07. The highest BCUT2D eigenvalue weighted by molar-refractivity contribution is 5.94.